The van der Waals surface area contributed by atoms with Crippen molar-refractivity contribution in [2.24, 2.45) is 17.2 Å². The van der Waals surface area contributed by atoms with E-state index in [4.69, 9.17) is 40.6 Å². The fourth-order valence-electron chi connectivity index (χ4n) is 6.25. The third-order valence-corrected chi connectivity index (χ3v) is 9.55. The zero-order chi connectivity index (χ0) is 41.0. The van der Waals surface area contributed by atoms with Gasteiger partial charge in [0.15, 0.2) is 0 Å². The van der Waals surface area contributed by atoms with Gasteiger partial charge < -0.3 is 60.8 Å². The smallest absolute Gasteiger partial charge is 0.457 e. The highest BCUT2D eigenvalue weighted by molar-refractivity contribution is 6.79. The maximum Gasteiger partial charge on any atom is 0.478 e. The highest BCUT2D eigenvalue weighted by atomic mass is 16.6. The lowest BCUT2D eigenvalue weighted by molar-refractivity contribution is 0.281. The highest BCUT2D eigenvalue weighted by Gasteiger charge is 2.37. The minimum absolute atomic E-state index is 0.185. The zero-order valence-electron chi connectivity index (χ0n) is 32.2. The third kappa shape index (κ3) is 10.7. The summed E-state index contributed by atoms with van der Waals surface area (Å²) in [6.07, 6.45) is 0.547. The van der Waals surface area contributed by atoms with E-state index < -0.39 is 34.6 Å². The summed E-state index contributed by atoms with van der Waals surface area (Å²) in [7, 11) is -4.84. The Bertz CT molecular complexity index is 2140. The van der Waals surface area contributed by atoms with E-state index >= 15 is 0 Å². The number of aliphatic hydroxyl groups excluding tert-OH is 2. The molecule has 0 fully saturated rings. The molecule has 0 amide bonds. The normalized spacial score (nSPS) is 11.0. The van der Waals surface area contributed by atoms with Gasteiger partial charge in [0.25, 0.3) is 0 Å². The molecule has 0 aliphatic carbocycles. The SMILES string of the molecule is CCc1ccc(Oc2ccc(CN)cc2)cc1B(O)OB(OB(O)c1cc(Oc2ccc(CN)cc2)ccc1CO)c1cc(Oc2ccc(CN)cc2)ccc1CO. The third-order valence-electron chi connectivity index (χ3n) is 9.55. The monoisotopic (exact) mass is 781 g/mol. The lowest BCUT2D eigenvalue weighted by Gasteiger charge is -2.24. The molecule has 0 aliphatic heterocycles. The number of hydrogen-bond acceptors (Lipinski definition) is 12. The van der Waals surface area contributed by atoms with E-state index in [1.165, 1.54) is 0 Å². The van der Waals surface area contributed by atoms with E-state index in [9.17, 15) is 20.3 Å². The van der Waals surface area contributed by atoms with Crippen LogP contribution in [-0.4, -0.2) is 41.6 Å². The van der Waals surface area contributed by atoms with Gasteiger partial charge in [0.2, 0.25) is 0 Å². The fourth-order valence-corrected chi connectivity index (χ4v) is 6.25. The van der Waals surface area contributed by atoms with Gasteiger partial charge in [-0.05, 0) is 129 Å². The molecule has 0 radical (unpaired) electrons. The van der Waals surface area contributed by atoms with Crippen molar-refractivity contribution in [2.45, 2.75) is 46.2 Å². The van der Waals surface area contributed by atoms with E-state index in [0.717, 1.165) is 22.3 Å². The first-order valence-electron chi connectivity index (χ1n) is 18.9. The molecule has 0 spiro atoms. The molecule has 0 aliphatic rings. The van der Waals surface area contributed by atoms with Crippen LogP contribution in [0.4, 0.5) is 0 Å². The van der Waals surface area contributed by atoms with Crippen LogP contribution in [0.25, 0.3) is 0 Å². The van der Waals surface area contributed by atoms with Gasteiger partial charge >= 0.3 is 21.4 Å². The largest absolute Gasteiger partial charge is 0.478 e. The van der Waals surface area contributed by atoms with Crippen LogP contribution < -0.4 is 47.8 Å². The van der Waals surface area contributed by atoms with Crippen molar-refractivity contribution in [3.05, 3.63) is 161 Å². The van der Waals surface area contributed by atoms with Gasteiger partial charge in [-0.1, -0.05) is 61.5 Å². The summed E-state index contributed by atoms with van der Waals surface area (Å²) in [5.74, 6) is 2.82. The number of benzene rings is 6. The summed E-state index contributed by atoms with van der Waals surface area (Å²) in [6, 6.07) is 36.9. The predicted octanol–water partition coefficient (Wildman–Crippen LogP) is 3.49. The number of nitrogens with two attached hydrogens (primary N) is 3. The molecule has 0 atom stereocenters. The Labute approximate surface area is 339 Å². The second-order valence-corrected chi connectivity index (χ2v) is 13.4. The summed E-state index contributed by atoms with van der Waals surface area (Å²) < 4.78 is 30.9. The van der Waals surface area contributed by atoms with E-state index in [2.05, 4.69) is 0 Å². The van der Waals surface area contributed by atoms with Crippen LogP contribution in [0.3, 0.4) is 0 Å². The highest BCUT2D eigenvalue weighted by Crippen LogP contribution is 2.25. The van der Waals surface area contributed by atoms with Crippen LogP contribution in [0.1, 0.15) is 40.3 Å². The van der Waals surface area contributed by atoms with Crippen LogP contribution in [0.15, 0.2) is 127 Å². The first kappa shape index (κ1) is 42.2. The van der Waals surface area contributed by atoms with Crippen LogP contribution >= 0.6 is 0 Å². The van der Waals surface area contributed by atoms with Crippen LogP contribution in [-0.2, 0) is 48.4 Å². The van der Waals surface area contributed by atoms with Gasteiger partial charge in [-0.3, -0.25) is 0 Å². The summed E-state index contributed by atoms with van der Waals surface area (Å²) in [6.45, 7) is 2.24. The average molecular weight is 781 g/mol. The maximum atomic E-state index is 11.8. The summed E-state index contributed by atoms with van der Waals surface area (Å²) >= 11 is 0. The Morgan fingerprint density at radius 1 is 0.431 bits per heavy atom. The van der Waals surface area contributed by atoms with E-state index in [-0.39, 0.29) is 10.9 Å². The van der Waals surface area contributed by atoms with Gasteiger partial charge in [-0.2, -0.15) is 0 Å². The molecule has 6 aromatic carbocycles. The van der Waals surface area contributed by atoms with E-state index in [1.807, 2.05) is 61.5 Å². The number of aliphatic hydroxyl groups is 2. The van der Waals surface area contributed by atoms with Crippen LogP contribution in [0, 0.1) is 0 Å². The van der Waals surface area contributed by atoms with Gasteiger partial charge in [0, 0.05) is 19.6 Å². The van der Waals surface area contributed by atoms with E-state index in [0.29, 0.717) is 77.1 Å². The first-order valence-corrected chi connectivity index (χ1v) is 18.9. The van der Waals surface area contributed by atoms with Crippen LogP contribution in [0.2, 0.25) is 0 Å². The maximum absolute atomic E-state index is 11.8. The van der Waals surface area contributed by atoms with Gasteiger partial charge in [-0.15, -0.1) is 0 Å². The van der Waals surface area contributed by atoms with Gasteiger partial charge in [0.05, 0.1) is 13.2 Å². The van der Waals surface area contributed by atoms with Crippen LogP contribution in [0.5, 0.6) is 34.5 Å². The molecule has 12 nitrogen and oxygen atoms in total. The quantitative estimate of drug-likeness (QED) is 0.0591. The molecular formula is C43H46B3N3O9. The summed E-state index contributed by atoms with van der Waals surface area (Å²) in [4.78, 5) is 0. The lowest BCUT2D eigenvalue weighted by atomic mass is 9.65. The van der Waals surface area contributed by atoms with Crippen molar-refractivity contribution in [2.75, 3.05) is 0 Å². The lowest BCUT2D eigenvalue weighted by Crippen LogP contribution is -2.53. The Morgan fingerprint density at radius 2 is 0.741 bits per heavy atom. The summed E-state index contributed by atoms with van der Waals surface area (Å²) in [5.41, 5.74) is 22.4. The van der Waals surface area contributed by atoms with Crippen molar-refractivity contribution in [3.63, 3.8) is 0 Å². The molecule has 6 rings (SSSR count). The van der Waals surface area contributed by atoms with Crippen molar-refractivity contribution < 1.29 is 43.6 Å². The minimum atomic E-state index is -1.72. The molecule has 296 valence electrons. The Balaban J connectivity index is 1.35. The number of aryl methyl sites for hydroxylation is 1. The fraction of sp³-hybridized carbons (Fsp3) is 0.163. The molecule has 0 saturated carbocycles. The molecule has 0 heterocycles. The molecule has 0 saturated heterocycles. The van der Waals surface area contributed by atoms with Crippen molar-refractivity contribution in [1.29, 1.82) is 0 Å². The number of ether oxygens (including phenoxy) is 3. The molecule has 0 aromatic heterocycles. The minimum Gasteiger partial charge on any atom is -0.457 e. The zero-order valence-corrected chi connectivity index (χ0v) is 32.2. The topological polar surface area (TPSA) is 205 Å². The van der Waals surface area contributed by atoms with Crippen molar-refractivity contribution >= 4 is 37.7 Å². The summed E-state index contributed by atoms with van der Waals surface area (Å²) in [5, 5.41) is 44.4. The number of hydrogen-bond donors (Lipinski definition) is 7. The van der Waals surface area contributed by atoms with Crippen molar-refractivity contribution in [1.82, 2.24) is 0 Å². The molecule has 15 heteroatoms. The molecule has 58 heavy (non-hydrogen) atoms. The molecule has 0 unspecified atom stereocenters. The average Bonchev–Trinajstić information content (AvgIpc) is 3.26. The predicted molar refractivity (Wildman–Crippen MR) is 227 cm³/mol. The molecule has 10 N–H and O–H groups in total. The molecule has 0 bridgehead atoms. The number of rotatable bonds is 19. The second kappa shape index (κ2) is 20.3. The second-order valence-electron chi connectivity index (χ2n) is 13.4. The molecular weight excluding hydrogens is 735 g/mol. The Hall–Kier alpha value is -5.45. The Kier molecular flexibility index (Phi) is 14.8. The van der Waals surface area contributed by atoms with Gasteiger partial charge in [0.1, 0.15) is 34.5 Å². The first-order chi connectivity index (χ1) is 28.2. The molecule has 6 aromatic rings. The van der Waals surface area contributed by atoms with E-state index in [1.54, 1.807) is 72.8 Å². The van der Waals surface area contributed by atoms with Crippen molar-refractivity contribution in [3.8, 4) is 34.5 Å². The standard InChI is InChI=1S/C43H46B3N3O9/c1-2-32-9-18-38(54-35-12-3-29(24-47)4-13-35)21-41(32)44(52)57-46(43-23-40(20-11-34(43)28-51)56-37-16-7-31(26-49)8-17-37)58-45(53)42-22-39(19-10-33(42)27-50)55-36-14-5-30(25-48)6-15-36/h3-23,50-53H,2,24-28,47-49H2,1H3. The Morgan fingerprint density at radius 3 is 1.09 bits per heavy atom. The van der Waals surface area contributed by atoms with Gasteiger partial charge in [-0.25, -0.2) is 0 Å².